The van der Waals surface area contributed by atoms with Crippen molar-refractivity contribution < 1.29 is 9.72 Å². The maximum Gasteiger partial charge on any atom is 0.269 e. The lowest BCUT2D eigenvalue weighted by atomic mass is 10.2. The average Bonchev–Trinajstić information content (AvgIpc) is 2.74. The minimum absolute atomic E-state index is 0.0320. The Morgan fingerprint density at radius 3 is 2.50 bits per heavy atom. The number of hydrogen-bond acceptors (Lipinski definition) is 5. The summed E-state index contributed by atoms with van der Waals surface area (Å²) in [7, 11) is 0. The number of carbonyl (C=O) groups is 1. The molecule has 0 saturated heterocycles. The maximum atomic E-state index is 11.9. The topological polar surface area (TPSA) is 85.1 Å². The fraction of sp³-hybridized carbons (Fsp3) is 0.231. The molecule has 0 aliphatic heterocycles. The van der Waals surface area contributed by atoms with Crippen molar-refractivity contribution in [1.82, 2.24) is 10.3 Å². The molecular weight excluding hydrogens is 278 g/mol. The van der Waals surface area contributed by atoms with Gasteiger partial charge in [-0.05, 0) is 26.0 Å². The fourth-order valence-electron chi connectivity index (χ4n) is 1.73. The molecule has 6 nitrogen and oxygen atoms in total. The zero-order valence-corrected chi connectivity index (χ0v) is 11.9. The maximum absolute atomic E-state index is 11.9. The number of amides is 1. The number of nitrogens with zero attached hydrogens (tertiary/aromatic N) is 2. The molecular formula is C13H13N3O3S. The third kappa shape index (κ3) is 3.18. The summed E-state index contributed by atoms with van der Waals surface area (Å²) in [6.07, 6.45) is 0. The predicted octanol–water partition coefficient (Wildman–Crippen LogP) is 2.60. The van der Waals surface area contributed by atoms with Crippen LogP contribution in [0.25, 0.3) is 0 Å². The quantitative estimate of drug-likeness (QED) is 0.693. The molecule has 1 N–H and O–H groups in total. The second kappa shape index (κ2) is 5.79. The first-order valence-electron chi connectivity index (χ1n) is 5.93. The van der Waals surface area contributed by atoms with Crippen molar-refractivity contribution in [3.63, 3.8) is 0 Å². The number of nitrogens with one attached hydrogen (secondary N) is 1. The van der Waals surface area contributed by atoms with Crippen molar-refractivity contribution in [2.75, 3.05) is 0 Å². The van der Waals surface area contributed by atoms with E-state index in [9.17, 15) is 14.9 Å². The Bertz CT molecular complexity index is 649. The number of aryl methyl sites for hydroxylation is 2. The number of nitro groups is 1. The summed E-state index contributed by atoms with van der Waals surface area (Å²) in [4.78, 5) is 27.3. The van der Waals surface area contributed by atoms with E-state index in [1.165, 1.54) is 24.3 Å². The molecule has 1 aromatic heterocycles. The Labute approximate surface area is 119 Å². The van der Waals surface area contributed by atoms with E-state index in [1.807, 2.05) is 13.8 Å². The number of aromatic nitrogens is 1. The van der Waals surface area contributed by atoms with Crippen LogP contribution in [0.4, 0.5) is 5.69 Å². The van der Waals surface area contributed by atoms with Crippen LogP contribution in [0.15, 0.2) is 24.3 Å². The third-order valence-electron chi connectivity index (χ3n) is 2.75. The molecule has 20 heavy (non-hydrogen) atoms. The van der Waals surface area contributed by atoms with Crippen LogP contribution in [-0.4, -0.2) is 15.8 Å². The minimum atomic E-state index is -0.495. The molecule has 0 atom stereocenters. The number of benzene rings is 1. The molecule has 1 amide bonds. The summed E-state index contributed by atoms with van der Waals surface area (Å²) >= 11 is 1.54. The van der Waals surface area contributed by atoms with E-state index in [1.54, 1.807) is 11.3 Å². The van der Waals surface area contributed by atoms with Crippen LogP contribution >= 0.6 is 11.3 Å². The molecule has 0 aliphatic rings. The third-order valence-corrected chi connectivity index (χ3v) is 3.82. The number of hydrogen-bond donors (Lipinski definition) is 1. The van der Waals surface area contributed by atoms with E-state index >= 15 is 0 Å². The number of carbonyl (C=O) groups excluding carboxylic acids is 1. The summed E-state index contributed by atoms with van der Waals surface area (Å²) in [5.74, 6) is -0.259. The lowest BCUT2D eigenvalue weighted by molar-refractivity contribution is -0.384. The molecule has 0 fully saturated rings. The molecule has 1 heterocycles. The van der Waals surface area contributed by atoms with Crippen molar-refractivity contribution in [3.8, 4) is 0 Å². The Morgan fingerprint density at radius 2 is 2.00 bits per heavy atom. The number of rotatable bonds is 4. The lowest BCUT2D eigenvalue weighted by Crippen LogP contribution is -2.22. The van der Waals surface area contributed by atoms with Gasteiger partial charge in [0.05, 0.1) is 22.2 Å². The van der Waals surface area contributed by atoms with Crippen molar-refractivity contribution in [3.05, 3.63) is 55.5 Å². The van der Waals surface area contributed by atoms with Gasteiger partial charge < -0.3 is 5.32 Å². The summed E-state index contributed by atoms with van der Waals surface area (Å²) in [6.45, 7) is 4.23. The first-order valence-corrected chi connectivity index (χ1v) is 6.74. The van der Waals surface area contributed by atoms with Gasteiger partial charge in [0.1, 0.15) is 0 Å². The van der Waals surface area contributed by atoms with Crippen LogP contribution in [0.3, 0.4) is 0 Å². The molecule has 104 valence electrons. The van der Waals surface area contributed by atoms with E-state index in [4.69, 9.17) is 0 Å². The van der Waals surface area contributed by atoms with Gasteiger partial charge in [0, 0.05) is 22.6 Å². The van der Waals surface area contributed by atoms with E-state index in [2.05, 4.69) is 10.3 Å². The molecule has 0 radical (unpaired) electrons. The Morgan fingerprint density at radius 1 is 1.35 bits per heavy atom. The van der Waals surface area contributed by atoms with Crippen molar-refractivity contribution in [2.45, 2.75) is 20.4 Å². The average molecular weight is 291 g/mol. The second-order valence-electron chi connectivity index (χ2n) is 4.23. The van der Waals surface area contributed by atoms with E-state index < -0.39 is 4.92 Å². The normalized spacial score (nSPS) is 10.3. The van der Waals surface area contributed by atoms with Gasteiger partial charge in [-0.2, -0.15) is 0 Å². The molecule has 1 aromatic carbocycles. The fourth-order valence-corrected chi connectivity index (χ4v) is 2.61. The molecule has 0 spiro atoms. The molecule has 0 bridgehead atoms. The molecule has 7 heteroatoms. The van der Waals surface area contributed by atoms with Gasteiger partial charge in [-0.25, -0.2) is 4.98 Å². The van der Waals surface area contributed by atoms with Gasteiger partial charge in [0.15, 0.2) is 0 Å². The first-order chi connectivity index (χ1) is 9.47. The van der Waals surface area contributed by atoms with Crippen LogP contribution in [0, 0.1) is 24.0 Å². The monoisotopic (exact) mass is 291 g/mol. The summed E-state index contributed by atoms with van der Waals surface area (Å²) in [5.41, 5.74) is 1.28. The highest BCUT2D eigenvalue weighted by molar-refractivity contribution is 7.11. The van der Waals surface area contributed by atoms with Gasteiger partial charge in [0.25, 0.3) is 11.6 Å². The van der Waals surface area contributed by atoms with Gasteiger partial charge in [-0.15, -0.1) is 11.3 Å². The summed E-state index contributed by atoms with van der Waals surface area (Å²) in [6, 6.07) is 5.52. The highest BCUT2D eigenvalue weighted by Gasteiger charge is 2.11. The standard InChI is InChI=1S/C13H13N3O3S/c1-8-12(20-9(2)15-8)7-14-13(17)10-3-5-11(6-4-10)16(18)19/h3-6H,7H2,1-2H3,(H,14,17). The molecule has 2 rings (SSSR count). The molecule has 0 unspecified atom stereocenters. The predicted molar refractivity (Wildman–Crippen MR) is 75.9 cm³/mol. The molecule has 0 saturated carbocycles. The smallest absolute Gasteiger partial charge is 0.269 e. The first kappa shape index (κ1) is 14.1. The molecule has 0 aliphatic carbocycles. The second-order valence-corrected chi connectivity index (χ2v) is 5.52. The van der Waals surface area contributed by atoms with Crippen molar-refractivity contribution in [2.24, 2.45) is 0 Å². The van der Waals surface area contributed by atoms with Crippen LogP contribution in [0.5, 0.6) is 0 Å². The number of non-ortho nitro benzene ring substituents is 1. The highest BCUT2D eigenvalue weighted by atomic mass is 32.1. The van der Waals surface area contributed by atoms with E-state index in [0.29, 0.717) is 12.1 Å². The van der Waals surface area contributed by atoms with Crippen molar-refractivity contribution in [1.29, 1.82) is 0 Å². The number of nitro benzene ring substituents is 1. The minimum Gasteiger partial charge on any atom is -0.347 e. The van der Waals surface area contributed by atoms with Crippen LogP contribution in [-0.2, 0) is 6.54 Å². The Hall–Kier alpha value is -2.28. The van der Waals surface area contributed by atoms with Gasteiger partial charge in [-0.3, -0.25) is 14.9 Å². The SMILES string of the molecule is Cc1nc(C)c(CNC(=O)c2ccc([N+](=O)[O-])cc2)s1. The highest BCUT2D eigenvalue weighted by Crippen LogP contribution is 2.17. The van der Waals surface area contributed by atoms with Crippen molar-refractivity contribution >= 4 is 22.9 Å². The van der Waals surface area contributed by atoms with Gasteiger partial charge in [-0.1, -0.05) is 0 Å². The summed E-state index contributed by atoms with van der Waals surface area (Å²) in [5, 5.41) is 14.3. The Balaban J connectivity index is 2.01. The zero-order valence-electron chi connectivity index (χ0n) is 11.0. The molecule has 2 aromatic rings. The van der Waals surface area contributed by atoms with Gasteiger partial charge >= 0.3 is 0 Å². The zero-order chi connectivity index (χ0) is 14.7. The summed E-state index contributed by atoms with van der Waals surface area (Å²) < 4.78 is 0. The Kier molecular flexibility index (Phi) is 4.09. The van der Waals surface area contributed by atoms with E-state index in [-0.39, 0.29) is 11.6 Å². The van der Waals surface area contributed by atoms with Crippen LogP contribution in [0.2, 0.25) is 0 Å². The lowest BCUT2D eigenvalue weighted by Gasteiger charge is -2.04. The van der Waals surface area contributed by atoms with Gasteiger partial charge in [0.2, 0.25) is 0 Å². The van der Waals surface area contributed by atoms with E-state index in [0.717, 1.165) is 15.6 Å². The van der Waals surface area contributed by atoms with Crippen LogP contribution in [0.1, 0.15) is 25.9 Å². The number of thiazole rings is 1. The largest absolute Gasteiger partial charge is 0.347 e. The van der Waals surface area contributed by atoms with Crippen LogP contribution < -0.4 is 5.32 Å².